The van der Waals surface area contributed by atoms with Crippen molar-refractivity contribution in [2.75, 3.05) is 4.90 Å². The Kier molecular flexibility index (Phi) is 5.67. The van der Waals surface area contributed by atoms with Crippen LogP contribution in [-0.2, 0) is 11.2 Å². The molecule has 8 heteroatoms. The first kappa shape index (κ1) is 21.9. The van der Waals surface area contributed by atoms with Crippen LogP contribution in [0.1, 0.15) is 22.8 Å². The summed E-state index contributed by atoms with van der Waals surface area (Å²) in [4.78, 5) is 37.8. The molecule has 4 rings (SSSR count). The molecule has 6 nitrogen and oxygen atoms in total. The number of rotatable bonds is 5. The summed E-state index contributed by atoms with van der Waals surface area (Å²) >= 11 is 12.1. The van der Waals surface area contributed by atoms with Crippen molar-refractivity contribution in [2.24, 2.45) is 0 Å². The van der Waals surface area contributed by atoms with Gasteiger partial charge < -0.3 is 10.4 Å². The zero-order valence-electron chi connectivity index (χ0n) is 16.9. The lowest BCUT2D eigenvalue weighted by molar-refractivity contribution is -0.121. The second kappa shape index (κ2) is 8.30. The van der Waals surface area contributed by atoms with E-state index in [9.17, 15) is 14.4 Å². The summed E-state index contributed by atoms with van der Waals surface area (Å²) < 4.78 is 0. The van der Waals surface area contributed by atoms with Gasteiger partial charge in [0.15, 0.2) is 0 Å². The molecule has 0 radical (unpaired) electrons. The number of anilines is 1. The number of carbonyl (C=O) groups is 3. The number of amides is 3. The topological polar surface area (TPSA) is 86.7 Å². The predicted molar refractivity (Wildman–Crippen MR) is 123 cm³/mol. The average Bonchev–Trinajstić information content (AvgIpc) is 2.95. The standard InChI is InChI=1S/C24H18Cl2N2O4/c1-24(22(31)28(23(32)27-24)20-11-18(25)10-19(26)12-20)13-14-2-4-15(5-3-14)16-6-8-17(9-7-16)21(29)30/h2-12H,13H2,1H3,(H,27,32)(H,29,30)/t24-/m1/s1. The maximum atomic E-state index is 13.1. The van der Waals surface area contributed by atoms with Gasteiger partial charge in [0.05, 0.1) is 11.3 Å². The Morgan fingerprint density at radius 1 is 0.938 bits per heavy atom. The number of carboxylic acids is 1. The van der Waals surface area contributed by atoms with Crippen LogP contribution >= 0.6 is 23.2 Å². The first-order valence-electron chi connectivity index (χ1n) is 9.72. The molecule has 0 bridgehead atoms. The van der Waals surface area contributed by atoms with E-state index in [1.807, 2.05) is 24.3 Å². The molecule has 2 N–H and O–H groups in total. The van der Waals surface area contributed by atoms with Crippen LogP contribution in [-0.4, -0.2) is 28.6 Å². The molecule has 1 saturated heterocycles. The summed E-state index contributed by atoms with van der Waals surface area (Å²) in [6, 6.07) is 18.2. The Bertz CT molecular complexity index is 1210. The number of hydrogen-bond acceptors (Lipinski definition) is 3. The predicted octanol–water partition coefficient (Wildman–Crippen LogP) is 5.42. The van der Waals surface area contributed by atoms with E-state index in [0.717, 1.165) is 21.6 Å². The minimum atomic E-state index is -1.13. The van der Waals surface area contributed by atoms with E-state index in [1.165, 1.54) is 18.2 Å². The molecule has 1 aliphatic rings. The van der Waals surface area contributed by atoms with Gasteiger partial charge in [-0.1, -0.05) is 59.6 Å². The van der Waals surface area contributed by atoms with Gasteiger partial charge in [0, 0.05) is 16.5 Å². The second-order valence-corrected chi connectivity index (χ2v) is 8.66. The van der Waals surface area contributed by atoms with Crippen molar-refractivity contribution in [1.82, 2.24) is 5.32 Å². The zero-order chi connectivity index (χ0) is 23.0. The third-order valence-corrected chi connectivity index (χ3v) is 5.78. The first-order valence-corrected chi connectivity index (χ1v) is 10.5. The van der Waals surface area contributed by atoms with E-state index in [1.54, 1.807) is 31.2 Å². The van der Waals surface area contributed by atoms with E-state index in [4.69, 9.17) is 28.3 Å². The van der Waals surface area contributed by atoms with Gasteiger partial charge in [-0.25, -0.2) is 14.5 Å². The van der Waals surface area contributed by atoms with Crippen LogP contribution in [0.5, 0.6) is 0 Å². The van der Waals surface area contributed by atoms with Gasteiger partial charge >= 0.3 is 12.0 Å². The summed E-state index contributed by atoms with van der Waals surface area (Å²) in [5, 5.41) is 12.5. The van der Waals surface area contributed by atoms with Gasteiger partial charge in [-0.05, 0) is 53.9 Å². The molecule has 0 aromatic heterocycles. The third-order valence-electron chi connectivity index (χ3n) is 5.34. The molecule has 0 aliphatic carbocycles. The zero-order valence-corrected chi connectivity index (χ0v) is 18.4. The molecule has 3 aromatic rings. The van der Waals surface area contributed by atoms with Crippen molar-refractivity contribution >= 4 is 46.8 Å². The lowest BCUT2D eigenvalue weighted by atomic mass is 9.91. The number of aromatic carboxylic acids is 1. The fourth-order valence-electron chi connectivity index (χ4n) is 3.74. The number of benzene rings is 3. The van der Waals surface area contributed by atoms with Crippen molar-refractivity contribution in [3.8, 4) is 11.1 Å². The molecular weight excluding hydrogens is 451 g/mol. The fourth-order valence-corrected chi connectivity index (χ4v) is 4.25. The van der Waals surface area contributed by atoms with E-state index >= 15 is 0 Å². The Hall–Kier alpha value is -3.35. The molecule has 3 amide bonds. The van der Waals surface area contributed by atoms with Crippen molar-refractivity contribution in [3.63, 3.8) is 0 Å². The molecule has 1 heterocycles. The molecule has 162 valence electrons. The maximum Gasteiger partial charge on any atom is 0.335 e. The normalized spacial score (nSPS) is 18.0. The average molecular weight is 469 g/mol. The molecule has 32 heavy (non-hydrogen) atoms. The lowest BCUT2D eigenvalue weighted by Crippen LogP contribution is -2.46. The summed E-state index contributed by atoms with van der Waals surface area (Å²) in [5.41, 5.74) is 2.05. The van der Waals surface area contributed by atoms with E-state index in [-0.39, 0.29) is 5.56 Å². The summed E-state index contributed by atoms with van der Waals surface area (Å²) in [5.74, 6) is -1.37. The van der Waals surface area contributed by atoms with Gasteiger partial charge in [0.1, 0.15) is 5.54 Å². The second-order valence-electron chi connectivity index (χ2n) is 7.79. The highest BCUT2D eigenvalue weighted by Gasteiger charge is 2.48. The van der Waals surface area contributed by atoms with Crippen LogP contribution in [0.2, 0.25) is 10.0 Å². The van der Waals surface area contributed by atoms with Gasteiger partial charge in [-0.15, -0.1) is 0 Å². The Morgan fingerprint density at radius 2 is 1.47 bits per heavy atom. The third kappa shape index (κ3) is 4.20. The van der Waals surface area contributed by atoms with Gasteiger partial charge in [-0.2, -0.15) is 0 Å². The highest BCUT2D eigenvalue weighted by molar-refractivity contribution is 6.35. The monoisotopic (exact) mass is 468 g/mol. The molecule has 1 aliphatic heterocycles. The van der Waals surface area contributed by atoms with Crippen LogP contribution in [0.15, 0.2) is 66.7 Å². The quantitative estimate of drug-likeness (QED) is 0.489. The SMILES string of the molecule is C[C@]1(Cc2ccc(-c3ccc(C(=O)O)cc3)cc2)NC(=O)N(c2cc(Cl)cc(Cl)c2)C1=O. The smallest absolute Gasteiger partial charge is 0.335 e. The van der Waals surface area contributed by atoms with Gasteiger partial charge in [-0.3, -0.25) is 4.79 Å². The van der Waals surface area contributed by atoms with Crippen LogP contribution < -0.4 is 10.2 Å². The van der Waals surface area contributed by atoms with Gasteiger partial charge in [0.2, 0.25) is 0 Å². The number of imide groups is 1. The van der Waals surface area contributed by atoms with Crippen molar-refractivity contribution in [2.45, 2.75) is 18.9 Å². The lowest BCUT2D eigenvalue weighted by Gasteiger charge is -2.22. The Balaban J connectivity index is 1.54. The molecule has 1 atom stereocenters. The molecular formula is C24H18Cl2N2O4. The molecule has 0 unspecified atom stereocenters. The maximum absolute atomic E-state index is 13.1. The number of nitrogens with zero attached hydrogens (tertiary/aromatic N) is 1. The largest absolute Gasteiger partial charge is 0.478 e. The van der Waals surface area contributed by atoms with Crippen LogP contribution in [0.4, 0.5) is 10.5 Å². The number of nitrogens with one attached hydrogen (secondary N) is 1. The van der Waals surface area contributed by atoms with Crippen molar-refractivity contribution in [3.05, 3.63) is 87.9 Å². The number of urea groups is 1. The number of carboxylic acid groups (broad SMARTS) is 1. The molecule has 0 saturated carbocycles. The molecule has 0 spiro atoms. The van der Waals surface area contributed by atoms with E-state index in [2.05, 4.69) is 5.32 Å². The van der Waals surface area contributed by atoms with Crippen LogP contribution in [0.3, 0.4) is 0 Å². The minimum absolute atomic E-state index is 0.222. The number of halogens is 2. The van der Waals surface area contributed by atoms with Crippen molar-refractivity contribution < 1.29 is 19.5 Å². The van der Waals surface area contributed by atoms with E-state index in [0.29, 0.717) is 22.2 Å². The Morgan fingerprint density at radius 3 is 2.00 bits per heavy atom. The summed E-state index contributed by atoms with van der Waals surface area (Å²) in [6.45, 7) is 1.68. The first-order chi connectivity index (χ1) is 15.2. The van der Waals surface area contributed by atoms with E-state index < -0.39 is 23.4 Å². The van der Waals surface area contributed by atoms with Gasteiger partial charge in [0.25, 0.3) is 5.91 Å². The van der Waals surface area contributed by atoms with Crippen molar-refractivity contribution in [1.29, 1.82) is 0 Å². The molecule has 1 fully saturated rings. The molecule has 3 aromatic carbocycles. The highest BCUT2D eigenvalue weighted by atomic mass is 35.5. The minimum Gasteiger partial charge on any atom is -0.478 e. The number of hydrogen-bond donors (Lipinski definition) is 2. The van der Waals surface area contributed by atoms with Crippen LogP contribution in [0.25, 0.3) is 11.1 Å². The summed E-state index contributed by atoms with van der Waals surface area (Å²) in [6.07, 6.45) is 0.292. The fraction of sp³-hybridized carbons (Fsp3) is 0.125. The van der Waals surface area contributed by atoms with Crippen LogP contribution in [0, 0.1) is 0 Å². The summed E-state index contributed by atoms with van der Waals surface area (Å²) in [7, 11) is 0. The number of carbonyl (C=O) groups excluding carboxylic acids is 2. The highest BCUT2D eigenvalue weighted by Crippen LogP contribution is 2.32. The Labute approximate surface area is 194 Å².